The Labute approximate surface area is 149 Å². The number of azo groups is 1. The van der Waals surface area contributed by atoms with Crippen molar-refractivity contribution in [1.29, 1.82) is 0 Å². The zero-order chi connectivity index (χ0) is 16.9. The van der Waals surface area contributed by atoms with Crippen molar-refractivity contribution in [2.24, 2.45) is 10.2 Å². The third kappa shape index (κ3) is 3.95. The summed E-state index contributed by atoms with van der Waals surface area (Å²) in [5.74, 6) is 1.22. The number of aromatic nitrogens is 1. The number of methoxy groups -OCH3 is 1. The fourth-order valence-electron chi connectivity index (χ4n) is 2.21. The highest BCUT2D eigenvalue weighted by Crippen LogP contribution is 2.36. The first-order valence-corrected chi connectivity index (χ1v) is 8.06. The average Bonchev–Trinajstić information content (AvgIpc) is 3.08. The molecule has 1 aromatic carbocycles. The van der Waals surface area contributed by atoms with Crippen LogP contribution in [0.2, 0.25) is 10.0 Å². The minimum Gasteiger partial charge on any atom is -0.493 e. The van der Waals surface area contributed by atoms with Gasteiger partial charge in [-0.2, -0.15) is 5.11 Å². The maximum atomic E-state index is 6.03. The van der Waals surface area contributed by atoms with Gasteiger partial charge in [0, 0.05) is 24.9 Å². The standard InChI is InChI=1S/C16H15Cl2N3O3/c1-22-14-3-2-10(6-15(14)24-11-4-5-23-9-11)20-21-16-12(17)7-19-8-13(16)18/h2-3,6-8,11H,4-5,9H2,1H3/b21-20+. The van der Waals surface area contributed by atoms with E-state index in [4.69, 9.17) is 37.4 Å². The SMILES string of the molecule is COc1ccc(/N=N/c2c(Cl)cncc2Cl)cc1OC1CCOC1. The van der Waals surface area contributed by atoms with E-state index in [9.17, 15) is 0 Å². The first kappa shape index (κ1) is 17.0. The summed E-state index contributed by atoms with van der Waals surface area (Å²) in [6.07, 6.45) is 3.78. The van der Waals surface area contributed by atoms with Crippen LogP contribution in [0, 0.1) is 0 Å². The molecule has 0 bridgehead atoms. The molecule has 2 heterocycles. The van der Waals surface area contributed by atoms with Crippen LogP contribution in [0.1, 0.15) is 6.42 Å². The van der Waals surface area contributed by atoms with Crippen LogP contribution in [0.25, 0.3) is 0 Å². The van der Waals surface area contributed by atoms with Gasteiger partial charge in [-0.1, -0.05) is 23.2 Å². The van der Waals surface area contributed by atoms with Crippen molar-refractivity contribution in [3.8, 4) is 11.5 Å². The minimum atomic E-state index is 0.00942. The van der Waals surface area contributed by atoms with Crippen LogP contribution in [-0.4, -0.2) is 31.4 Å². The molecule has 3 rings (SSSR count). The van der Waals surface area contributed by atoms with E-state index in [0.717, 1.165) is 6.42 Å². The summed E-state index contributed by atoms with van der Waals surface area (Å²) >= 11 is 12.1. The van der Waals surface area contributed by atoms with Crippen LogP contribution >= 0.6 is 23.2 Å². The van der Waals surface area contributed by atoms with Gasteiger partial charge < -0.3 is 14.2 Å². The van der Waals surface area contributed by atoms with Gasteiger partial charge in [0.2, 0.25) is 0 Å². The van der Waals surface area contributed by atoms with E-state index in [-0.39, 0.29) is 6.10 Å². The van der Waals surface area contributed by atoms with E-state index < -0.39 is 0 Å². The van der Waals surface area contributed by atoms with Crippen molar-refractivity contribution in [3.05, 3.63) is 40.6 Å². The van der Waals surface area contributed by atoms with E-state index in [1.165, 1.54) is 12.4 Å². The molecule has 0 spiro atoms. The number of ether oxygens (including phenoxy) is 3. The Morgan fingerprint density at radius 2 is 1.96 bits per heavy atom. The zero-order valence-corrected chi connectivity index (χ0v) is 14.4. The second-order valence-electron chi connectivity index (χ2n) is 5.09. The van der Waals surface area contributed by atoms with Crippen LogP contribution in [0.3, 0.4) is 0 Å². The molecule has 0 amide bonds. The second-order valence-corrected chi connectivity index (χ2v) is 5.90. The highest BCUT2D eigenvalue weighted by Gasteiger charge is 2.19. The molecule has 1 aliphatic rings. The van der Waals surface area contributed by atoms with Gasteiger partial charge in [-0.3, -0.25) is 4.98 Å². The third-order valence-corrected chi connectivity index (χ3v) is 3.98. The van der Waals surface area contributed by atoms with Crippen LogP contribution in [0.4, 0.5) is 11.4 Å². The lowest BCUT2D eigenvalue weighted by Gasteiger charge is -2.15. The fraction of sp³-hybridized carbons (Fsp3) is 0.312. The number of hydrogen-bond acceptors (Lipinski definition) is 6. The monoisotopic (exact) mass is 367 g/mol. The molecule has 6 nitrogen and oxygen atoms in total. The third-order valence-electron chi connectivity index (χ3n) is 3.42. The zero-order valence-electron chi connectivity index (χ0n) is 12.9. The topological polar surface area (TPSA) is 65.3 Å². The Morgan fingerprint density at radius 3 is 2.62 bits per heavy atom. The quantitative estimate of drug-likeness (QED) is 0.698. The Kier molecular flexibility index (Phi) is 5.50. The molecule has 1 atom stereocenters. The molecule has 0 N–H and O–H groups in total. The number of rotatable bonds is 5. The van der Waals surface area contributed by atoms with Gasteiger partial charge in [0.1, 0.15) is 11.8 Å². The Hall–Kier alpha value is -1.89. The first-order valence-electron chi connectivity index (χ1n) is 7.30. The molecule has 1 aromatic heterocycles. The Morgan fingerprint density at radius 1 is 1.17 bits per heavy atom. The van der Waals surface area contributed by atoms with E-state index in [1.807, 2.05) is 0 Å². The van der Waals surface area contributed by atoms with Crippen molar-refractivity contribution in [2.75, 3.05) is 20.3 Å². The molecular formula is C16H15Cl2N3O3. The summed E-state index contributed by atoms with van der Waals surface area (Å²) in [5.41, 5.74) is 0.962. The molecule has 1 fully saturated rings. The van der Waals surface area contributed by atoms with Gasteiger partial charge in [0.25, 0.3) is 0 Å². The summed E-state index contributed by atoms with van der Waals surface area (Å²) < 4.78 is 16.6. The smallest absolute Gasteiger partial charge is 0.163 e. The number of pyridine rings is 1. The van der Waals surface area contributed by atoms with Crippen molar-refractivity contribution < 1.29 is 14.2 Å². The highest BCUT2D eigenvalue weighted by atomic mass is 35.5. The van der Waals surface area contributed by atoms with Gasteiger partial charge in [-0.15, -0.1) is 5.11 Å². The average molecular weight is 368 g/mol. The summed E-state index contributed by atoms with van der Waals surface area (Å²) in [7, 11) is 1.59. The largest absolute Gasteiger partial charge is 0.493 e. The van der Waals surface area contributed by atoms with E-state index in [2.05, 4.69) is 15.2 Å². The van der Waals surface area contributed by atoms with Crippen molar-refractivity contribution in [3.63, 3.8) is 0 Å². The van der Waals surface area contributed by atoms with Gasteiger partial charge in [-0.05, 0) is 12.1 Å². The molecule has 1 saturated heterocycles. The molecule has 1 aliphatic heterocycles. The van der Waals surface area contributed by atoms with Gasteiger partial charge in [-0.25, -0.2) is 0 Å². The van der Waals surface area contributed by atoms with Crippen LogP contribution in [-0.2, 0) is 4.74 Å². The van der Waals surface area contributed by atoms with E-state index >= 15 is 0 Å². The predicted molar refractivity (Wildman–Crippen MR) is 91.3 cm³/mol. The fourth-order valence-corrected chi connectivity index (χ4v) is 2.65. The van der Waals surface area contributed by atoms with E-state index in [1.54, 1.807) is 25.3 Å². The lowest BCUT2D eigenvalue weighted by atomic mass is 10.2. The second kappa shape index (κ2) is 7.79. The van der Waals surface area contributed by atoms with Gasteiger partial charge >= 0.3 is 0 Å². The van der Waals surface area contributed by atoms with Crippen molar-refractivity contribution >= 4 is 34.6 Å². The van der Waals surface area contributed by atoms with Crippen molar-refractivity contribution in [1.82, 2.24) is 4.98 Å². The molecule has 24 heavy (non-hydrogen) atoms. The number of nitrogens with zero attached hydrogens (tertiary/aromatic N) is 3. The van der Waals surface area contributed by atoms with Crippen molar-refractivity contribution in [2.45, 2.75) is 12.5 Å². The molecular weight excluding hydrogens is 353 g/mol. The number of hydrogen-bond donors (Lipinski definition) is 0. The summed E-state index contributed by atoms with van der Waals surface area (Å²) in [6, 6.07) is 5.29. The normalized spacial score (nSPS) is 17.4. The molecule has 0 radical (unpaired) electrons. The summed E-state index contributed by atoms with van der Waals surface area (Å²) in [5, 5.41) is 8.94. The van der Waals surface area contributed by atoms with Gasteiger partial charge in [0.15, 0.2) is 11.5 Å². The predicted octanol–water partition coefficient (Wildman–Crippen LogP) is 4.98. The molecule has 126 valence electrons. The molecule has 1 unspecified atom stereocenters. The summed E-state index contributed by atoms with van der Waals surface area (Å²) in [4.78, 5) is 3.88. The number of halogens is 2. The molecule has 2 aromatic rings. The lowest BCUT2D eigenvalue weighted by molar-refractivity contribution is 0.138. The molecule has 0 aliphatic carbocycles. The van der Waals surface area contributed by atoms with Crippen LogP contribution in [0.15, 0.2) is 40.8 Å². The summed E-state index contributed by atoms with van der Waals surface area (Å²) in [6.45, 7) is 1.27. The number of benzene rings is 1. The maximum absolute atomic E-state index is 6.03. The van der Waals surface area contributed by atoms with Crippen LogP contribution < -0.4 is 9.47 Å². The minimum absolute atomic E-state index is 0.00942. The van der Waals surface area contributed by atoms with Gasteiger partial charge in [0.05, 0.1) is 36.1 Å². The first-order chi connectivity index (χ1) is 11.7. The lowest BCUT2D eigenvalue weighted by Crippen LogP contribution is -2.16. The van der Waals surface area contributed by atoms with Crippen LogP contribution in [0.5, 0.6) is 11.5 Å². The molecule has 8 heteroatoms. The Bertz CT molecular complexity index is 729. The molecule has 0 saturated carbocycles. The highest BCUT2D eigenvalue weighted by molar-refractivity contribution is 6.38. The maximum Gasteiger partial charge on any atom is 0.163 e. The van der Waals surface area contributed by atoms with E-state index in [0.29, 0.717) is 46.1 Å². The Balaban J connectivity index is 1.84.